The Bertz CT molecular complexity index is 1150. The Balaban J connectivity index is 1.42. The Morgan fingerprint density at radius 3 is 2.48 bits per heavy atom. The van der Waals surface area contributed by atoms with Gasteiger partial charge in [-0.2, -0.15) is 0 Å². The number of amides is 2. The molecule has 6 nitrogen and oxygen atoms in total. The van der Waals surface area contributed by atoms with E-state index in [4.69, 9.17) is 4.74 Å². The van der Waals surface area contributed by atoms with Gasteiger partial charge in [-0.1, -0.05) is 48.5 Å². The third-order valence-electron chi connectivity index (χ3n) is 5.45. The maximum Gasteiger partial charge on any atom is 0.337 e. The quantitative estimate of drug-likeness (QED) is 0.524. The van der Waals surface area contributed by atoms with Crippen molar-refractivity contribution in [3.05, 3.63) is 101 Å². The van der Waals surface area contributed by atoms with Crippen LogP contribution >= 0.6 is 11.8 Å². The predicted octanol–water partition coefficient (Wildman–Crippen LogP) is 4.54. The fourth-order valence-electron chi connectivity index (χ4n) is 3.71. The van der Waals surface area contributed by atoms with Crippen molar-refractivity contribution in [1.82, 2.24) is 4.90 Å². The number of hydrogen-bond acceptors (Lipinski definition) is 5. The number of rotatable bonds is 7. The van der Waals surface area contributed by atoms with Gasteiger partial charge >= 0.3 is 5.97 Å². The number of nitrogens with one attached hydrogen (secondary N) is 1. The number of carbonyl (C=O) groups is 3. The third kappa shape index (κ3) is 5.43. The van der Waals surface area contributed by atoms with Crippen molar-refractivity contribution in [1.29, 1.82) is 0 Å². The Morgan fingerprint density at radius 2 is 1.76 bits per heavy atom. The molecule has 0 radical (unpaired) electrons. The van der Waals surface area contributed by atoms with Gasteiger partial charge in [-0.05, 0) is 47.9 Å². The molecule has 1 aliphatic heterocycles. The van der Waals surface area contributed by atoms with Gasteiger partial charge in [0.05, 0.1) is 18.4 Å². The predicted molar refractivity (Wildman–Crippen MR) is 129 cm³/mol. The number of ether oxygens (including phenoxy) is 1. The van der Waals surface area contributed by atoms with Crippen LogP contribution in [0.4, 0.5) is 5.69 Å². The van der Waals surface area contributed by atoms with Crippen LogP contribution in [0.25, 0.3) is 0 Å². The summed E-state index contributed by atoms with van der Waals surface area (Å²) in [4.78, 5) is 38.7. The average molecular weight is 461 g/mol. The van der Waals surface area contributed by atoms with Crippen LogP contribution in [0.15, 0.2) is 78.9 Å². The van der Waals surface area contributed by atoms with Crippen LogP contribution in [0.5, 0.6) is 0 Å². The van der Waals surface area contributed by atoms with E-state index in [1.165, 1.54) is 12.7 Å². The lowest BCUT2D eigenvalue weighted by molar-refractivity contribution is -0.128. The highest BCUT2D eigenvalue weighted by molar-refractivity contribution is 8.00. The smallest absolute Gasteiger partial charge is 0.337 e. The van der Waals surface area contributed by atoms with Crippen molar-refractivity contribution in [2.45, 2.75) is 11.8 Å². The van der Waals surface area contributed by atoms with Crippen molar-refractivity contribution in [3.8, 4) is 0 Å². The summed E-state index contributed by atoms with van der Waals surface area (Å²) in [5.74, 6) is -0.151. The third-order valence-corrected chi connectivity index (χ3v) is 6.71. The van der Waals surface area contributed by atoms with Gasteiger partial charge in [0, 0.05) is 17.8 Å². The van der Waals surface area contributed by atoms with E-state index in [1.807, 2.05) is 35.2 Å². The van der Waals surface area contributed by atoms with Gasteiger partial charge in [-0.25, -0.2) is 4.79 Å². The van der Waals surface area contributed by atoms with Crippen LogP contribution < -0.4 is 5.32 Å². The highest BCUT2D eigenvalue weighted by atomic mass is 32.2. The van der Waals surface area contributed by atoms with E-state index in [0.29, 0.717) is 29.1 Å². The summed E-state index contributed by atoms with van der Waals surface area (Å²) in [7, 11) is 1.31. The molecule has 1 N–H and O–H groups in total. The number of carbonyl (C=O) groups excluding carboxylic acids is 3. The molecule has 3 aromatic rings. The van der Waals surface area contributed by atoms with Gasteiger partial charge in [-0.3, -0.25) is 9.59 Å². The number of hydrogen-bond donors (Lipinski definition) is 1. The second-order valence-corrected chi connectivity index (χ2v) is 8.70. The summed E-state index contributed by atoms with van der Waals surface area (Å²) in [5.41, 5.74) is 3.56. The molecule has 4 rings (SSSR count). The fraction of sp³-hybridized carbons (Fsp3) is 0.192. The Labute approximate surface area is 196 Å². The first-order valence-electron chi connectivity index (χ1n) is 10.6. The van der Waals surface area contributed by atoms with E-state index in [9.17, 15) is 14.4 Å². The molecular formula is C26H24N2O4S. The van der Waals surface area contributed by atoms with Gasteiger partial charge in [0.25, 0.3) is 5.91 Å². The number of esters is 1. The monoisotopic (exact) mass is 460 g/mol. The average Bonchev–Trinajstić information content (AvgIpc) is 3.23. The minimum atomic E-state index is -0.462. The van der Waals surface area contributed by atoms with Crippen LogP contribution in [0.2, 0.25) is 0 Å². The fourth-order valence-corrected chi connectivity index (χ4v) is 4.93. The molecule has 0 saturated carbocycles. The van der Waals surface area contributed by atoms with Gasteiger partial charge < -0.3 is 15.0 Å². The van der Waals surface area contributed by atoms with Crippen LogP contribution in [-0.4, -0.2) is 42.1 Å². The maximum absolute atomic E-state index is 12.7. The van der Waals surface area contributed by atoms with E-state index in [-0.39, 0.29) is 17.2 Å². The summed E-state index contributed by atoms with van der Waals surface area (Å²) in [6, 6.07) is 24.0. The van der Waals surface area contributed by atoms with Crippen LogP contribution in [0.1, 0.15) is 37.2 Å². The minimum Gasteiger partial charge on any atom is -0.465 e. The molecule has 1 saturated heterocycles. The molecule has 1 fully saturated rings. The van der Waals surface area contributed by atoms with E-state index >= 15 is 0 Å². The van der Waals surface area contributed by atoms with Crippen LogP contribution in [0.3, 0.4) is 0 Å². The largest absolute Gasteiger partial charge is 0.465 e. The van der Waals surface area contributed by atoms with Crippen molar-refractivity contribution in [2.75, 3.05) is 24.7 Å². The molecule has 0 bridgehead atoms. The molecule has 0 aromatic heterocycles. The zero-order chi connectivity index (χ0) is 23.2. The summed E-state index contributed by atoms with van der Waals surface area (Å²) in [6.07, 6.45) is 0.800. The molecule has 3 aromatic carbocycles. The first kappa shape index (κ1) is 22.6. The van der Waals surface area contributed by atoms with Gasteiger partial charge in [0.2, 0.25) is 5.91 Å². The number of nitrogens with zero attached hydrogens (tertiary/aromatic N) is 1. The van der Waals surface area contributed by atoms with Crippen LogP contribution in [0, 0.1) is 0 Å². The number of methoxy groups -OCH3 is 1. The van der Waals surface area contributed by atoms with Crippen molar-refractivity contribution in [3.63, 3.8) is 0 Å². The summed E-state index contributed by atoms with van der Waals surface area (Å²) < 4.78 is 4.72. The second-order valence-electron chi connectivity index (χ2n) is 7.63. The van der Waals surface area contributed by atoms with E-state index < -0.39 is 5.97 Å². The first-order valence-corrected chi connectivity index (χ1v) is 11.6. The SMILES string of the molecule is COC(=O)c1cccc(NC(=O)c2ccc([C@@H]3SCC(=O)N3CCc3ccccc3)cc2)c1. The van der Waals surface area contributed by atoms with Crippen molar-refractivity contribution in [2.24, 2.45) is 0 Å². The normalized spacial score (nSPS) is 15.4. The molecule has 0 aliphatic carbocycles. The lowest BCUT2D eigenvalue weighted by Gasteiger charge is -2.24. The summed E-state index contributed by atoms with van der Waals surface area (Å²) in [5, 5.41) is 2.74. The Morgan fingerprint density at radius 1 is 1.00 bits per heavy atom. The highest BCUT2D eigenvalue weighted by Crippen LogP contribution is 2.38. The standard InChI is InChI=1S/C26H24N2O4S/c1-32-26(31)21-8-5-9-22(16-21)27-24(30)19-10-12-20(13-11-19)25-28(23(29)17-33-25)15-14-18-6-3-2-4-7-18/h2-13,16,25H,14-15,17H2,1H3,(H,27,30)/t25-/m0/s1. The number of anilines is 1. The molecule has 1 heterocycles. The molecule has 33 heavy (non-hydrogen) atoms. The van der Waals surface area contributed by atoms with E-state index in [1.54, 1.807) is 48.2 Å². The molecule has 168 valence electrons. The van der Waals surface area contributed by atoms with Crippen molar-refractivity contribution < 1.29 is 19.1 Å². The molecule has 0 spiro atoms. The van der Waals surface area contributed by atoms with Crippen molar-refractivity contribution >= 4 is 35.2 Å². The Kier molecular flexibility index (Phi) is 7.10. The topological polar surface area (TPSA) is 75.7 Å². The lowest BCUT2D eigenvalue weighted by atomic mass is 10.1. The molecule has 0 unspecified atom stereocenters. The van der Waals surface area contributed by atoms with Gasteiger partial charge in [0.1, 0.15) is 5.37 Å². The highest BCUT2D eigenvalue weighted by Gasteiger charge is 2.32. The molecule has 1 atom stereocenters. The second kappa shape index (κ2) is 10.4. The first-order chi connectivity index (χ1) is 16.0. The molecule has 1 aliphatic rings. The molecule has 7 heteroatoms. The van der Waals surface area contributed by atoms with Gasteiger partial charge in [-0.15, -0.1) is 11.8 Å². The summed E-state index contributed by atoms with van der Waals surface area (Å²) in [6.45, 7) is 0.652. The maximum atomic E-state index is 12.7. The van der Waals surface area contributed by atoms with Crippen LogP contribution in [-0.2, 0) is 16.0 Å². The van der Waals surface area contributed by atoms with Gasteiger partial charge in [0.15, 0.2) is 0 Å². The van der Waals surface area contributed by atoms with E-state index in [0.717, 1.165) is 12.0 Å². The summed E-state index contributed by atoms with van der Waals surface area (Å²) >= 11 is 1.60. The zero-order valence-corrected chi connectivity index (χ0v) is 19.0. The minimum absolute atomic E-state index is 0.0601. The molecule has 2 amide bonds. The van der Waals surface area contributed by atoms with E-state index in [2.05, 4.69) is 17.4 Å². The molecular weight excluding hydrogens is 436 g/mol. The zero-order valence-electron chi connectivity index (χ0n) is 18.2. The number of benzene rings is 3. The lowest BCUT2D eigenvalue weighted by Crippen LogP contribution is -2.30. The number of thioether (sulfide) groups is 1. The Hall–Kier alpha value is -3.58.